The van der Waals surface area contributed by atoms with Crippen molar-refractivity contribution in [3.63, 3.8) is 0 Å². The van der Waals surface area contributed by atoms with E-state index < -0.39 is 14.2 Å². The summed E-state index contributed by atoms with van der Waals surface area (Å²) in [5.74, 6) is 5.76. The predicted octanol–water partition coefficient (Wildman–Crippen LogP) is 29.7. The van der Waals surface area contributed by atoms with Crippen LogP contribution in [0.4, 0.5) is 0 Å². The molecule has 25 rings (SSSR count). The zero-order valence-electron chi connectivity index (χ0n) is 78.8. The van der Waals surface area contributed by atoms with Crippen molar-refractivity contribution in [3.05, 3.63) is 511 Å². The molecular weight excluding hydrogens is 2000 g/mol. The summed E-state index contributed by atoms with van der Waals surface area (Å²) in [6, 6.07) is 164. The fourth-order valence-electron chi connectivity index (χ4n) is 18.0. The van der Waals surface area contributed by atoms with Gasteiger partial charge in [-0.05, 0) is 177 Å². The first-order valence-corrected chi connectivity index (χ1v) is 50.1. The highest BCUT2D eigenvalue weighted by Gasteiger charge is 2.23. The van der Waals surface area contributed by atoms with Crippen molar-refractivity contribution >= 4 is 138 Å². The summed E-state index contributed by atoms with van der Waals surface area (Å²) >= 11 is 10.8. The normalized spacial score (nSPS) is 11.0. The Morgan fingerprint density at radius 1 is 0.163 bits per heavy atom. The lowest BCUT2D eigenvalue weighted by Gasteiger charge is -2.15. The molecule has 0 spiro atoms. The van der Waals surface area contributed by atoms with E-state index in [0.29, 0.717) is 63.3 Å². The van der Waals surface area contributed by atoms with Gasteiger partial charge in [-0.1, -0.05) is 454 Å². The first-order valence-electron chi connectivity index (χ1n) is 47.7. The first-order chi connectivity index (χ1) is 72.2. The van der Waals surface area contributed by atoms with E-state index >= 15 is 0 Å². The number of aromatic nitrogens is 11. The summed E-state index contributed by atoms with van der Waals surface area (Å²) in [6.07, 6.45) is 3.43. The third-order valence-corrected chi connectivity index (χ3v) is 26.5. The maximum Gasteiger partial charge on any atom is 0.490 e. The minimum atomic E-state index is -1.46. The molecule has 147 heavy (non-hydrogen) atoms. The third kappa shape index (κ3) is 22.3. The smallest absolute Gasteiger partial charge is 0.423 e. The van der Waals surface area contributed by atoms with Gasteiger partial charge in [0.05, 0.1) is 11.4 Å². The maximum absolute atomic E-state index is 9.44. The molecule has 0 aliphatic carbocycles. The zero-order valence-corrected chi connectivity index (χ0v) is 83.6. The molecule has 25 aromatic rings. The average molecular weight is 2090 g/mol. The van der Waals surface area contributed by atoms with Gasteiger partial charge in [0.2, 0.25) is 0 Å². The quantitative estimate of drug-likeness (QED) is 0.0522. The van der Waals surface area contributed by atoms with E-state index in [9.17, 15) is 10.0 Å². The highest BCUT2D eigenvalue weighted by atomic mass is 79.9. The second kappa shape index (κ2) is 44.7. The Balaban J connectivity index is 0.000000116. The molecule has 700 valence electrons. The van der Waals surface area contributed by atoms with Gasteiger partial charge in [0, 0.05) is 98.0 Å². The van der Waals surface area contributed by atoms with Crippen LogP contribution in [0.1, 0.15) is 0 Å². The fourth-order valence-corrected chi connectivity index (χ4v) is 19.8. The van der Waals surface area contributed by atoms with Gasteiger partial charge in [0.15, 0.2) is 52.4 Å². The average Bonchev–Trinajstić information content (AvgIpc) is 0.736. The first kappa shape index (κ1) is 95.9. The summed E-state index contributed by atoms with van der Waals surface area (Å²) < 4.78 is 2.89. The van der Waals surface area contributed by atoms with Gasteiger partial charge in [0.1, 0.15) is 0 Å². The van der Waals surface area contributed by atoms with Crippen LogP contribution in [0.25, 0.3) is 223 Å². The molecule has 0 fully saturated rings. The van der Waals surface area contributed by atoms with Crippen LogP contribution in [0.2, 0.25) is 0 Å². The maximum atomic E-state index is 9.44. The summed E-state index contributed by atoms with van der Waals surface area (Å²) in [5.41, 5.74) is 19.8. The molecule has 0 aliphatic heterocycles. The second-order valence-electron chi connectivity index (χ2n) is 34.8. The molecule has 0 saturated heterocycles. The third-order valence-electron chi connectivity index (χ3n) is 25.1. The van der Waals surface area contributed by atoms with Crippen molar-refractivity contribution < 1.29 is 20.1 Å². The van der Waals surface area contributed by atoms with Gasteiger partial charge in [-0.2, -0.15) is 0 Å². The van der Waals surface area contributed by atoms with Crippen molar-refractivity contribution in [3.8, 4) is 158 Å². The molecule has 5 heterocycles. The van der Waals surface area contributed by atoms with Crippen molar-refractivity contribution in [1.82, 2.24) is 54.8 Å². The minimum Gasteiger partial charge on any atom is -0.423 e. The number of hydrogen-bond acceptors (Lipinski definition) is 15. The fraction of sp³-hybridized carbons (Fsp3) is 0. The monoisotopic (exact) mass is 2090 g/mol. The van der Waals surface area contributed by atoms with Crippen molar-refractivity contribution in [2.75, 3.05) is 0 Å². The van der Waals surface area contributed by atoms with Crippen LogP contribution < -0.4 is 10.9 Å². The summed E-state index contributed by atoms with van der Waals surface area (Å²) in [5, 5.41) is 50.5. The molecule has 5 aromatic heterocycles. The molecule has 0 aliphatic rings. The Bertz CT molecular complexity index is 8820. The lowest BCUT2D eigenvalue weighted by molar-refractivity contribution is 0.424. The van der Waals surface area contributed by atoms with E-state index in [0.717, 1.165) is 135 Å². The molecular formula is C127H86B2Br3N11O4. The van der Waals surface area contributed by atoms with Gasteiger partial charge < -0.3 is 20.1 Å². The van der Waals surface area contributed by atoms with Crippen LogP contribution >= 0.6 is 47.8 Å². The van der Waals surface area contributed by atoms with Crippen LogP contribution in [0.5, 0.6) is 0 Å². The Morgan fingerprint density at radius 3 is 0.735 bits per heavy atom. The number of rotatable bonds is 16. The van der Waals surface area contributed by atoms with Gasteiger partial charge >= 0.3 is 14.2 Å². The zero-order chi connectivity index (χ0) is 99.9. The highest BCUT2D eigenvalue weighted by Crippen LogP contribution is 2.43. The van der Waals surface area contributed by atoms with E-state index in [1.807, 2.05) is 310 Å². The Kier molecular flexibility index (Phi) is 29.1. The minimum absolute atomic E-state index is 0.398. The molecule has 20 heteroatoms. The molecule has 0 amide bonds. The molecule has 0 radical (unpaired) electrons. The van der Waals surface area contributed by atoms with Crippen LogP contribution in [-0.4, -0.2) is 89.2 Å². The van der Waals surface area contributed by atoms with Crippen molar-refractivity contribution in [1.29, 1.82) is 0 Å². The van der Waals surface area contributed by atoms with Crippen LogP contribution in [0, 0.1) is 0 Å². The SMILES string of the molecule is Brc1cc(-c2nc(-c3ccccc3)nc(-c3ccccc3)n2)cc(-c2cc3ccccc3c3ccccc23)c1.Brc1cc(Br)cc(-c2nc(-c3ccccc3)nc(-c3ccccc3)n2)c1.OB(O)c1cc2ccccc2c2ccccc12.OB(O)c1ccc(-c2ccccc2)nc1.c1ccc(-c2ccc(-c3cc(-c4nc(-c5ccccc5)nc(-c5ccccc5)n4)cc(-c4cc5ccccc5c5ccccc45)c3)cn2)cc1. The number of pyridine rings is 2. The summed E-state index contributed by atoms with van der Waals surface area (Å²) in [7, 11) is -2.90. The van der Waals surface area contributed by atoms with Gasteiger partial charge in [0.25, 0.3) is 0 Å². The standard InChI is InChI=1S/C46H30N4.C35H22BrN3.C21H13Br2N3.C14H11BO2.C11H10BNO2/c1-4-14-31(15-5-1)43-25-24-35(30-47-43)36-26-37(42-29-34-20-10-11-21-39(34)40-22-12-13-23-41(40)42)28-38(27-36)46-49-44(32-16-6-2-7-17-32)48-45(50-46)33-18-8-3-9-19-33;36-28-20-26(32-22-25-15-7-8-16-29(25)30-17-9-10-18-31(30)32)19-27(21-28)35-38-33(23-11-3-1-4-12-23)37-34(39-35)24-13-5-2-6-14-24;22-17-11-16(12-18(23)13-17)21-25-19(14-7-3-1-4-8-14)24-20(26-21)15-9-5-2-6-10-15;16-15(17)14-9-10-5-1-2-6-11(10)12-7-3-4-8-13(12)14;14-12(15)10-6-7-11(13-8-10)9-4-2-1-3-5-9/h1-30H;1-22H;1-13H;1-9,16-17H;1-8,14-15H. The highest BCUT2D eigenvalue weighted by molar-refractivity contribution is 9.11. The molecule has 0 unspecified atom stereocenters. The predicted molar refractivity (Wildman–Crippen MR) is 612 cm³/mol. The van der Waals surface area contributed by atoms with E-state index in [-0.39, 0.29) is 0 Å². The lowest BCUT2D eigenvalue weighted by atomic mass is 9.76. The van der Waals surface area contributed by atoms with Crippen molar-refractivity contribution in [2.24, 2.45) is 0 Å². The van der Waals surface area contributed by atoms with Crippen LogP contribution in [0.15, 0.2) is 511 Å². The van der Waals surface area contributed by atoms with E-state index in [4.69, 9.17) is 59.9 Å². The van der Waals surface area contributed by atoms with Crippen LogP contribution in [-0.2, 0) is 0 Å². The molecule has 0 saturated carbocycles. The van der Waals surface area contributed by atoms with Gasteiger partial charge in [-0.15, -0.1) is 0 Å². The van der Waals surface area contributed by atoms with Crippen LogP contribution in [0.3, 0.4) is 0 Å². The Morgan fingerprint density at radius 2 is 0.408 bits per heavy atom. The van der Waals surface area contributed by atoms with Gasteiger partial charge in [-0.25, -0.2) is 44.9 Å². The Labute approximate surface area is 875 Å². The molecule has 0 bridgehead atoms. The number of halogens is 3. The van der Waals surface area contributed by atoms with E-state index in [1.165, 1.54) is 54.9 Å². The number of hydrogen-bond donors (Lipinski definition) is 4. The van der Waals surface area contributed by atoms with Crippen molar-refractivity contribution in [2.45, 2.75) is 0 Å². The molecule has 4 N–H and O–H groups in total. The van der Waals surface area contributed by atoms with E-state index in [1.54, 1.807) is 12.1 Å². The summed E-state index contributed by atoms with van der Waals surface area (Å²) in [6.45, 7) is 0. The second-order valence-corrected chi connectivity index (χ2v) is 37.6. The topological polar surface area (TPSA) is 223 Å². The number of nitrogens with zero attached hydrogens (tertiary/aromatic N) is 11. The van der Waals surface area contributed by atoms with E-state index in [2.05, 4.69) is 223 Å². The van der Waals surface area contributed by atoms with Gasteiger partial charge in [-0.3, -0.25) is 9.97 Å². The largest absolute Gasteiger partial charge is 0.490 e. The molecule has 20 aromatic carbocycles. The number of benzene rings is 20. The molecule has 0 atom stereocenters. The molecule has 15 nitrogen and oxygen atoms in total. The Hall–Kier alpha value is -17.3. The summed E-state index contributed by atoms with van der Waals surface area (Å²) in [4.78, 5) is 53.0. The lowest BCUT2D eigenvalue weighted by Crippen LogP contribution is -2.30. The number of fused-ring (bicyclic) bond motifs is 9.